The minimum atomic E-state index is -0.318. The molecule has 2 N–H and O–H groups in total. The number of rotatable bonds is 5. The van der Waals surface area contributed by atoms with Gasteiger partial charge in [0, 0.05) is 42.7 Å². The van der Waals surface area contributed by atoms with Crippen molar-refractivity contribution in [2.45, 2.75) is 33.1 Å². The predicted molar refractivity (Wildman–Crippen MR) is 124 cm³/mol. The lowest BCUT2D eigenvalue weighted by Gasteiger charge is -2.17. The van der Waals surface area contributed by atoms with Gasteiger partial charge in [-0.1, -0.05) is 17.4 Å². The molecule has 1 aliphatic heterocycles. The van der Waals surface area contributed by atoms with Crippen molar-refractivity contribution in [3.63, 3.8) is 0 Å². The predicted octanol–water partition coefficient (Wildman–Crippen LogP) is 3.89. The molecule has 0 unspecified atom stereocenters. The number of aryl methyl sites for hydroxylation is 2. The highest BCUT2D eigenvalue weighted by molar-refractivity contribution is 7.15. The summed E-state index contributed by atoms with van der Waals surface area (Å²) in [6, 6.07) is 12.6. The molecule has 4 rings (SSSR count). The lowest BCUT2D eigenvalue weighted by molar-refractivity contribution is -0.117. The maximum Gasteiger partial charge on any atom is 0.257 e. The van der Waals surface area contributed by atoms with Crippen LogP contribution >= 0.6 is 11.3 Å². The molecule has 164 valence electrons. The molecular formula is C23H23N5O3S. The Bertz CT molecular complexity index is 1190. The Balaban J connectivity index is 1.41. The SMILES string of the molecule is CC(=O)Nc1ccc(C(=O)Nc2nnc([C@@H]3CC(=O)N(c4ccc(C)c(C)c4)C3)s2)cc1. The van der Waals surface area contributed by atoms with Gasteiger partial charge in [0.1, 0.15) is 5.01 Å². The monoisotopic (exact) mass is 449 g/mol. The van der Waals surface area contributed by atoms with Gasteiger partial charge in [-0.05, 0) is 61.4 Å². The molecule has 0 spiro atoms. The van der Waals surface area contributed by atoms with Crippen molar-refractivity contribution < 1.29 is 14.4 Å². The molecule has 0 radical (unpaired) electrons. The standard InChI is InChI=1S/C23H23N5O3S/c1-13-4-9-19(10-14(13)2)28-12-17(11-20(28)30)22-26-27-23(32-22)25-21(31)16-5-7-18(8-6-16)24-15(3)29/h4-10,17H,11-12H2,1-3H3,(H,24,29)(H,25,27,31)/t17-/m1/s1. The number of carbonyl (C=O) groups excluding carboxylic acids is 3. The van der Waals surface area contributed by atoms with Crippen LogP contribution in [0.5, 0.6) is 0 Å². The van der Waals surface area contributed by atoms with Crippen molar-refractivity contribution in [2.24, 2.45) is 0 Å². The second-order valence-corrected chi connectivity index (χ2v) is 8.84. The number of aromatic nitrogens is 2. The van der Waals surface area contributed by atoms with Crippen LogP contribution in [0.3, 0.4) is 0 Å². The molecule has 2 aromatic carbocycles. The zero-order valence-electron chi connectivity index (χ0n) is 18.0. The summed E-state index contributed by atoms with van der Waals surface area (Å²) in [6.07, 6.45) is 0.361. The van der Waals surface area contributed by atoms with E-state index in [1.165, 1.54) is 23.8 Å². The Morgan fingerprint density at radius 2 is 1.78 bits per heavy atom. The van der Waals surface area contributed by atoms with Gasteiger partial charge in [-0.15, -0.1) is 10.2 Å². The van der Waals surface area contributed by atoms with Crippen molar-refractivity contribution >= 4 is 45.6 Å². The molecule has 1 aromatic heterocycles. The molecule has 3 amide bonds. The number of hydrogen-bond acceptors (Lipinski definition) is 6. The van der Waals surface area contributed by atoms with Crippen LogP contribution in [-0.2, 0) is 9.59 Å². The zero-order chi connectivity index (χ0) is 22.8. The Labute approximate surface area is 189 Å². The Kier molecular flexibility index (Phi) is 6.00. The van der Waals surface area contributed by atoms with E-state index in [-0.39, 0.29) is 23.6 Å². The molecule has 1 atom stereocenters. The third kappa shape index (κ3) is 4.67. The summed E-state index contributed by atoms with van der Waals surface area (Å²) in [5.41, 5.74) is 4.27. The summed E-state index contributed by atoms with van der Waals surface area (Å²) in [4.78, 5) is 38.0. The number of carbonyl (C=O) groups is 3. The number of nitrogens with one attached hydrogen (secondary N) is 2. The first kappa shape index (κ1) is 21.6. The fourth-order valence-electron chi connectivity index (χ4n) is 3.54. The fraction of sp³-hybridized carbons (Fsp3) is 0.261. The van der Waals surface area contributed by atoms with Gasteiger partial charge in [-0.3, -0.25) is 19.7 Å². The highest BCUT2D eigenvalue weighted by atomic mass is 32.1. The molecule has 9 heteroatoms. The Morgan fingerprint density at radius 3 is 2.47 bits per heavy atom. The van der Waals surface area contributed by atoms with Gasteiger partial charge in [-0.25, -0.2) is 0 Å². The van der Waals surface area contributed by atoms with Gasteiger partial charge in [0.2, 0.25) is 16.9 Å². The van der Waals surface area contributed by atoms with Gasteiger partial charge in [0.05, 0.1) is 0 Å². The summed E-state index contributed by atoms with van der Waals surface area (Å²) < 4.78 is 0. The molecule has 8 nitrogen and oxygen atoms in total. The van der Waals surface area contributed by atoms with Crippen LogP contribution in [0.15, 0.2) is 42.5 Å². The van der Waals surface area contributed by atoms with E-state index in [1.54, 1.807) is 29.2 Å². The first-order chi connectivity index (χ1) is 15.3. The minimum Gasteiger partial charge on any atom is -0.326 e. The van der Waals surface area contributed by atoms with Crippen molar-refractivity contribution in [3.05, 3.63) is 64.2 Å². The fourth-order valence-corrected chi connectivity index (χ4v) is 4.37. The Morgan fingerprint density at radius 1 is 1.03 bits per heavy atom. The van der Waals surface area contributed by atoms with Crippen LogP contribution in [-0.4, -0.2) is 34.5 Å². The summed E-state index contributed by atoms with van der Waals surface area (Å²) in [5.74, 6) is -0.506. The summed E-state index contributed by atoms with van der Waals surface area (Å²) in [5, 5.41) is 14.8. The summed E-state index contributed by atoms with van der Waals surface area (Å²) in [7, 11) is 0. The number of amides is 3. The lowest BCUT2D eigenvalue weighted by Crippen LogP contribution is -2.24. The number of benzene rings is 2. The van der Waals surface area contributed by atoms with E-state index in [9.17, 15) is 14.4 Å². The largest absolute Gasteiger partial charge is 0.326 e. The minimum absolute atomic E-state index is 0.0540. The van der Waals surface area contributed by atoms with E-state index in [1.807, 2.05) is 32.0 Å². The van der Waals surface area contributed by atoms with E-state index in [2.05, 4.69) is 20.8 Å². The second kappa shape index (κ2) is 8.88. The van der Waals surface area contributed by atoms with E-state index in [0.29, 0.717) is 29.3 Å². The van der Waals surface area contributed by atoms with Crippen LogP contribution in [0.1, 0.15) is 45.8 Å². The molecule has 3 aromatic rings. The first-order valence-electron chi connectivity index (χ1n) is 10.2. The van der Waals surface area contributed by atoms with Crippen LogP contribution in [0.2, 0.25) is 0 Å². The molecular weight excluding hydrogens is 426 g/mol. The van der Waals surface area contributed by atoms with E-state index >= 15 is 0 Å². The average molecular weight is 450 g/mol. The maximum absolute atomic E-state index is 12.6. The number of anilines is 3. The van der Waals surface area contributed by atoms with Crippen LogP contribution in [0.25, 0.3) is 0 Å². The molecule has 1 saturated heterocycles. The highest BCUT2D eigenvalue weighted by Crippen LogP contribution is 2.34. The normalized spacial score (nSPS) is 15.7. The quantitative estimate of drug-likeness (QED) is 0.615. The van der Waals surface area contributed by atoms with Gasteiger partial charge >= 0.3 is 0 Å². The van der Waals surface area contributed by atoms with Crippen molar-refractivity contribution in [2.75, 3.05) is 22.1 Å². The van der Waals surface area contributed by atoms with Gasteiger partial charge in [0.25, 0.3) is 5.91 Å². The highest BCUT2D eigenvalue weighted by Gasteiger charge is 2.34. The van der Waals surface area contributed by atoms with Crippen molar-refractivity contribution in [3.8, 4) is 0 Å². The van der Waals surface area contributed by atoms with Gasteiger partial charge < -0.3 is 10.2 Å². The van der Waals surface area contributed by atoms with Crippen LogP contribution in [0.4, 0.5) is 16.5 Å². The van der Waals surface area contributed by atoms with Gasteiger partial charge in [0.15, 0.2) is 0 Å². The third-order valence-corrected chi connectivity index (χ3v) is 6.41. The molecule has 1 aliphatic rings. The van der Waals surface area contributed by atoms with Crippen LogP contribution in [0, 0.1) is 13.8 Å². The zero-order valence-corrected chi connectivity index (χ0v) is 18.8. The number of nitrogens with zero attached hydrogens (tertiary/aromatic N) is 3. The molecule has 2 heterocycles. The second-order valence-electron chi connectivity index (χ2n) is 7.83. The molecule has 0 bridgehead atoms. The summed E-state index contributed by atoms with van der Waals surface area (Å²) >= 11 is 1.28. The third-order valence-electron chi connectivity index (χ3n) is 5.40. The molecule has 1 fully saturated rings. The summed E-state index contributed by atoms with van der Waals surface area (Å²) in [6.45, 7) is 6.03. The topological polar surface area (TPSA) is 104 Å². The van der Waals surface area contributed by atoms with Crippen LogP contribution < -0.4 is 15.5 Å². The smallest absolute Gasteiger partial charge is 0.257 e. The van der Waals surface area contributed by atoms with Crippen molar-refractivity contribution in [1.82, 2.24) is 10.2 Å². The maximum atomic E-state index is 12.6. The van der Waals surface area contributed by atoms with E-state index < -0.39 is 0 Å². The Hall–Kier alpha value is -3.59. The molecule has 0 aliphatic carbocycles. The lowest BCUT2D eigenvalue weighted by atomic mass is 10.1. The number of hydrogen-bond donors (Lipinski definition) is 2. The first-order valence-corrected chi connectivity index (χ1v) is 11.0. The van der Waals surface area contributed by atoms with E-state index in [4.69, 9.17) is 0 Å². The van der Waals surface area contributed by atoms with Gasteiger partial charge in [-0.2, -0.15) is 0 Å². The van der Waals surface area contributed by atoms with Crippen molar-refractivity contribution in [1.29, 1.82) is 0 Å². The molecule has 32 heavy (non-hydrogen) atoms. The van der Waals surface area contributed by atoms with E-state index in [0.717, 1.165) is 16.3 Å². The molecule has 0 saturated carbocycles. The average Bonchev–Trinajstić information content (AvgIpc) is 3.36.